The van der Waals surface area contributed by atoms with E-state index in [1.54, 1.807) is 22.0 Å². The van der Waals surface area contributed by atoms with Crippen molar-refractivity contribution in [1.29, 1.82) is 0 Å². The number of rotatable bonds is 8. The Bertz CT molecular complexity index is 1720. The SMILES string of the molecule is CC(=O)c1nn(CC(=O)N2CC(CN(C)C)CC2C(=O)Nc2nc(Br)ccc2C)c2c(C)cc(-c3cnc(C)nc3)cc12. The van der Waals surface area contributed by atoms with Crippen LogP contribution in [0.25, 0.3) is 22.0 Å². The van der Waals surface area contributed by atoms with Gasteiger partial charge in [0.1, 0.15) is 34.5 Å². The number of aromatic nitrogens is 5. The molecule has 0 aliphatic carbocycles. The van der Waals surface area contributed by atoms with Gasteiger partial charge in [0.05, 0.1) is 5.52 Å². The summed E-state index contributed by atoms with van der Waals surface area (Å²) >= 11 is 3.36. The maximum absolute atomic E-state index is 13.9. The number of pyridine rings is 1. The second-order valence-corrected chi connectivity index (χ2v) is 12.3. The number of hydrogen-bond acceptors (Lipinski definition) is 8. The third-order valence-corrected chi connectivity index (χ3v) is 8.15. The van der Waals surface area contributed by atoms with E-state index in [2.05, 4.69) is 46.2 Å². The van der Waals surface area contributed by atoms with E-state index in [0.29, 0.717) is 40.1 Å². The number of Topliss-reactive ketones (excluding diaryl/α,β-unsaturated/α-hetero) is 1. The van der Waals surface area contributed by atoms with Gasteiger partial charge in [-0.25, -0.2) is 15.0 Å². The van der Waals surface area contributed by atoms with E-state index in [0.717, 1.165) is 28.8 Å². The zero-order valence-corrected chi connectivity index (χ0v) is 26.8. The minimum Gasteiger partial charge on any atom is -0.329 e. The van der Waals surface area contributed by atoms with Gasteiger partial charge in [-0.1, -0.05) is 6.07 Å². The Morgan fingerprint density at radius 3 is 2.44 bits per heavy atom. The normalized spacial score (nSPS) is 16.7. The quantitative estimate of drug-likeness (QED) is 0.223. The number of nitrogens with zero attached hydrogens (tertiary/aromatic N) is 7. The van der Waals surface area contributed by atoms with Crippen molar-refractivity contribution in [2.24, 2.45) is 5.92 Å². The molecule has 1 aromatic carbocycles. The van der Waals surface area contributed by atoms with Crippen LogP contribution in [0.2, 0.25) is 0 Å². The summed E-state index contributed by atoms with van der Waals surface area (Å²) in [5.41, 5.74) is 4.36. The molecule has 1 aliphatic heterocycles. The molecule has 1 saturated heterocycles. The fourth-order valence-corrected chi connectivity index (χ4v) is 6.07. The van der Waals surface area contributed by atoms with Crippen LogP contribution in [0, 0.1) is 26.7 Å². The van der Waals surface area contributed by atoms with Crippen LogP contribution in [0.15, 0.2) is 41.3 Å². The van der Waals surface area contributed by atoms with E-state index in [1.165, 1.54) is 6.92 Å². The highest BCUT2D eigenvalue weighted by Gasteiger charge is 2.40. The van der Waals surface area contributed by atoms with E-state index in [9.17, 15) is 14.4 Å². The topological polar surface area (TPSA) is 126 Å². The Morgan fingerprint density at radius 1 is 1.05 bits per heavy atom. The van der Waals surface area contributed by atoms with Crippen LogP contribution in [0.4, 0.5) is 5.82 Å². The second-order valence-electron chi connectivity index (χ2n) is 11.5. The van der Waals surface area contributed by atoms with E-state index < -0.39 is 6.04 Å². The highest BCUT2D eigenvalue weighted by Crippen LogP contribution is 2.31. The van der Waals surface area contributed by atoms with Gasteiger partial charge in [0.15, 0.2) is 5.78 Å². The first-order valence-electron chi connectivity index (χ1n) is 14.1. The molecule has 5 rings (SSSR count). The lowest BCUT2D eigenvalue weighted by molar-refractivity contribution is -0.137. The molecular formula is C31H35BrN8O3. The fourth-order valence-electron chi connectivity index (χ4n) is 5.76. The van der Waals surface area contributed by atoms with Gasteiger partial charge in [0.2, 0.25) is 11.8 Å². The number of carbonyl (C=O) groups is 3. The smallest absolute Gasteiger partial charge is 0.248 e. The summed E-state index contributed by atoms with van der Waals surface area (Å²) in [5, 5.41) is 8.19. The van der Waals surface area contributed by atoms with Crippen molar-refractivity contribution in [3.63, 3.8) is 0 Å². The molecule has 0 bridgehead atoms. The Labute approximate surface area is 258 Å². The van der Waals surface area contributed by atoms with Crippen LogP contribution in [-0.2, 0) is 16.1 Å². The minimum atomic E-state index is -0.666. The number of anilines is 1. The predicted octanol–water partition coefficient (Wildman–Crippen LogP) is 4.20. The first-order valence-corrected chi connectivity index (χ1v) is 14.9. The number of fused-ring (bicyclic) bond motifs is 1. The number of likely N-dealkylation sites (tertiary alicyclic amines) is 1. The van der Waals surface area contributed by atoms with Gasteiger partial charge >= 0.3 is 0 Å². The van der Waals surface area contributed by atoms with Gasteiger partial charge in [0.25, 0.3) is 0 Å². The fraction of sp³-hybridized carbons (Fsp3) is 0.387. The highest BCUT2D eigenvalue weighted by molar-refractivity contribution is 9.10. The average molecular weight is 648 g/mol. The van der Waals surface area contributed by atoms with Crippen LogP contribution >= 0.6 is 15.9 Å². The summed E-state index contributed by atoms with van der Waals surface area (Å²) in [5.74, 6) is 0.526. The van der Waals surface area contributed by atoms with Crippen molar-refractivity contribution in [1.82, 2.24) is 34.5 Å². The maximum atomic E-state index is 13.9. The van der Waals surface area contributed by atoms with Gasteiger partial charge < -0.3 is 15.1 Å². The molecule has 11 nitrogen and oxygen atoms in total. The Balaban J connectivity index is 1.46. The number of carbonyl (C=O) groups excluding carboxylic acids is 3. The monoisotopic (exact) mass is 646 g/mol. The molecule has 0 spiro atoms. The summed E-state index contributed by atoms with van der Waals surface area (Å²) in [7, 11) is 3.96. The predicted molar refractivity (Wildman–Crippen MR) is 168 cm³/mol. The molecule has 43 heavy (non-hydrogen) atoms. The number of aryl methyl sites for hydroxylation is 3. The van der Waals surface area contributed by atoms with E-state index in [1.807, 2.05) is 59.1 Å². The molecule has 2 atom stereocenters. The number of halogens is 1. The van der Waals surface area contributed by atoms with Gasteiger partial charge in [-0.3, -0.25) is 19.1 Å². The van der Waals surface area contributed by atoms with Crippen molar-refractivity contribution in [2.45, 2.75) is 46.7 Å². The molecule has 12 heteroatoms. The lowest BCUT2D eigenvalue weighted by Crippen LogP contribution is -2.44. The molecule has 0 saturated carbocycles. The van der Waals surface area contributed by atoms with Crippen LogP contribution in [0.5, 0.6) is 0 Å². The summed E-state index contributed by atoms with van der Waals surface area (Å²) < 4.78 is 2.20. The maximum Gasteiger partial charge on any atom is 0.248 e. The van der Waals surface area contributed by atoms with Crippen molar-refractivity contribution >= 4 is 50.2 Å². The van der Waals surface area contributed by atoms with Gasteiger partial charge in [-0.15, -0.1) is 0 Å². The zero-order chi connectivity index (χ0) is 31.0. The average Bonchev–Trinajstić information content (AvgIpc) is 3.53. The molecule has 3 aromatic heterocycles. The summed E-state index contributed by atoms with van der Waals surface area (Å²) in [6.07, 6.45) is 4.03. The molecule has 1 N–H and O–H groups in total. The molecule has 2 unspecified atom stereocenters. The van der Waals surface area contributed by atoms with E-state index in [4.69, 9.17) is 0 Å². The van der Waals surface area contributed by atoms with Crippen molar-refractivity contribution in [3.05, 3.63) is 63.9 Å². The molecule has 2 amide bonds. The number of amides is 2. The van der Waals surface area contributed by atoms with Crippen LogP contribution in [0.3, 0.4) is 0 Å². The van der Waals surface area contributed by atoms with Crippen LogP contribution in [0.1, 0.15) is 40.8 Å². The van der Waals surface area contributed by atoms with Gasteiger partial charge in [0, 0.05) is 43.4 Å². The number of ketones is 1. The number of nitrogens with one attached hydrogen (secondary N) is 1. The lowest BCUT2D eigenvalue weighted by atomic mass is 10.0. The Hall–Kier alpha value is -4.03. The van der Waals surface area contributed by atoms with E-state index in [-0.39, 0.29) is 35.8 Å². The molecule has 4 aromatic rings. The number of hydrogen-bond donors (Lipinski definition) is 1. The summed E-state index contributed by atoms with van der Waals surface area (Å²) in [6, 6.07) is 6.89. The highest BCUT2D eigenvalue weighted by atomic mass is 79.9. The summed E-state index contributed by atoms with van der Waals surface area (Å²) in [6.45, 7) is 8.17. The third kappa shape index (κ3) is 6.50. The molecule has 1 aliphatic rings. The first kappa shape index (κ1) is 30.4. The molecule has 0 radical (unpaired) electrons. The Morgan fingerprint density at radius 2 is 1.77 bits per heavy atom. The molecule has 1 fully saturated rings. The van der Waals surface area contributed by atoms with Crippen molar-refractivity contribution < 1.29 is 14.4 Å². The second kappa shape index (κ2) is 12.3. The number of benzene rings is 1. The zero-order valence-electron chi connectivity index (χ0n) is 25.2. The summed E-state index contributed by atoms with van der Waals surface area (Å²) in [4.78, 5) is 56.9. The van der Waals surface area contributed by atoms with Crippen LogP contribution in [-0.4, -0.2) is 85.4 Å². The van der Waals surface area contributed by atoms with Gasteiger partial charge in [-0.2, -0.15) is 5.10 Å². The standard InChI is InChI=1S/C31H35BrN8O3/c1-17-7-8-26(32)35-30(17)36-31(43)25-10-21(14-38(5)6)15-39(25)27(42)16-40-29-18(2)9-22(23-12-33-20(4)34-13-23)11-24(29)28(37-40)19(3)41/h7-9,11-13,21,25H,10,14-16H2,1-6H3,(H,35,36,43). The first-order chi connectivity index (χ1) is 20.4. The largest absolute Gasteiger partial charge is 0.329 e. The third-order valence-electron chi connectivity index (χ3n) is 7.71. The lowest BCUT2D eigenvalue weighted by Gasteiger charge is -2.24. The minimum absolute atomic E-state index is 0.107. The van der Waals surface area contributed by atoms with Crippen molar-refractivity contribution in [3.8, 4) is 11.1 Å². The molecule has 224 valence electrons. The van der Waals surface area contributed by atoms with Gasteiger partial charge in [-0.05, 0) is 98.0 Å². The Kier molecular flexibility index (Phi) is 8.70. The molecular weight excluding hydrogens is 612 g/mol. The molecule has 4 heterocycles. The van der Waals surface area contributed by atoms with Crippen LogP contribution < -0.4 is 5.32 Å². The van der Waals surface area contributed by atoms with Crippen molar-refractivity contribution in [2.75, 3.05) is 32.5 Å². The van der Waals surface area contributed by atoms with E-state index >= 15 is 0 Å².